The van der Waals surface area contributed by atoms with Crippen molar-refractivity contribution in [2.24, 2.45) is 0 Å². The molecule has 0 saturated carbocycles. The van der Waals surface area contributed by atoms with E-state index in [4.69, 9.17) is 21.1 Å². The van der Waals surface area contributed by atoms with Crippen molar-refractivity contribution in [3.05, 3.63) is 92.7 Å². The maximum absolute atomic E-state index is 13.0. The molecule has 0 fully saturated rings. The molecule has 30 heavy (non-hydrogen) atoms. The second-order valence-electron chi connectivity index (χ2n) is 6.76. The van der Waals surface area contributed by atoms with Crippen LogP contribution in [0.2, 0.25) is 5.02 Å². The number of hydrogen-bond acceptors (Lipinski definition) is 3. The molecule has 158 valence electrons. The average molecular weight is 493 g/mol. The van der Waals surface area contributed by atoms with Gasteiger partial charge >= 0.3 is 0 Å². The van der Waals surface area contributed by atoms with Gasteiger partial charge in [-0.2, -0.15) is 0 Å². The van der Waals surface area contributed by atoms with Gasteiger partial charge < -0.3 is 14.8 Å². The Morgan fingerprint density at radius 2 is 1.70 bits per heavy atom. The SMILES string of the molecule is CCOc1cc(CNCCc2ccc(F)cc2)c(Br)cc1OCc1ccccc1Cl. The monoisotopic (exact) mass is 491 g/mol. The molecule has 3 rings (SSSR count). The third-order valence-electron chi connectivity index (χ3n) is 4.57. The summed E-state index contributed by atoms with van der Waals surface area (Å²) in [6, 6.07) is 18.1. The molecule has 3 aromatic rings. The third-order valence-corrected chi connectivity index (χ3v) is 5.68. The molecule has 6 heteroatoms. The molecule has 0 radical (unpaired) electrons. The molecule has 0 spiro atoms. The highest BCUT2D eigenvalue weighted by atomic mass is 79.9. The summed E-state index contributed by atoms with van der Waals surface area (Å²) < 4.78 is 25.7. The second-order valence-corrected chi connectivity index (χ2v) is 8.02. The van der Waals surface area contributed by atoms with Crippen molar-refractivity contribution in [2.45, 2.75) is 26.5 Å². The van der Waals surface area contributed by atoms with Crippen molar-refractivity contribution in [1.29, 1.82) is 0 Å². The Morgan fingerprint density at radius 3 is 2.43 bits per heavy atom. The Morgan fingerprint density at radius 1 is 0.967 bits per heavy atom. The molecule has 0 unspecified atom stereocenters. The van der Waals surface area contributed by atoms with Gasteiger partial charge in [0.1, 0.15) is 12.4 Å². The lowest BCUT2D eigenvalue weighted by Crippen LogP contribution is -2.17. The van der Waals surface area contributed by atoms with Crippen LogP contribution in [0.25, 0.3) is 0 Å². The van der Waals surface area contributed by atoms with E-state index in [-0.39, 0.29) is 5.82 Å². The zero-order chi connectivity index (χ0) is 21.3. The standard InChI is InChI=1S/C24H24BrClFNO2/c1-2-29-23-13-19(15-28-12-11-17-7-9-20(27)10-8-17)21(25)14-24(23)30-16-18-5-3-4-6-22(18)26/h3-10,13-14,28H,2,11-12,15-16H2,1H3. The maximum Gasteiger partial charge on any atom is 0.162 e. The summed E-state index contributed by atoms with van der Waals surface area (Å²) in [5.41, 5.74) is 3.09. The topological polar surface area (TPSA) is 30.5 Å². The zero-order valence-electron chi connectivity index (χ0n) is 16.8. The molecule has 0 aliphatic rings. The van der Waals surface area contributed by atoms with Crippen molar-refractivity contribution in [1.82, 2.24) is 5.32 Å². The number of halogens is 3. The van der Waals surface area contributed by atoms with Crippen LogP contribution in [0.5, 0.6) is 11.5 Å². The summed E-state index contributed by atoms with van der Waals surface area (Å²) in [6.45, 7) is 4.31. The van der Waals surface area contributed by atoms with E-state index in [1.165, 1.54) is 12.1 Å². The van der Waals surface area contributed by atoms with Gasteiger partial charge in [0.25, 0.3) is 0 Å². The molecule has 0 aromatic heterocycles. The predicted molar refractivity (Wildman–Crippen MR) is 123 cm³/mol. The number of benzene rings is 3. The Hall–Kier alpha value is -2.08. The highest BCUT2D eigenvalue weighted by Gasteiger charge is 2.12. The van der Waals surface area contributed by atoms with E-state index >= 15 is 0 Å². The molecule has 3 aromatic carbocycles. The minimum absolute atomic E-state index is 0.212. The van der Waals surface area contributed by atoms with Gasteiger partial charge in [-0.25, -0.2) is 4.39 Å². The molecule has 3 nitrogen and oxygen atoms in total. The van der Waals surface area contributed by atoms with Crippen molar-refractivity contribution in [3.63, 3.8) is 0 Å². The Labute approximate surface area is 190 Å². The molecule has 0 bridgehead atoms. The van der Waals surface area contributed by atoms with E-state index in [9.17, 15) is 4.39 Å². The highest BCUT2D eigenvalue weighted by Crippen LogP contribution is 2.34. The van der Waals surface area contributed by atoms with Crippen LogP contribution in [0.3, 0.4) is 0 Å². The van der Waals surface area contributed by atoms with Gasteiger partial charge in [0.05, 0.1) is 6.61 Å². The van der Waals surface area contributed by atoms with Crippen LogP contribution in [-0.2, 0) is 19.6 Å². The van der Waals surface area contributed by atoms with Crippen molar-refractivity contribution in [3.8, 4) is 11.5 Å². The first-order valence-electron chi connectivity index (χ1n) is 9.83. The van der Waals surface area contributed by atoms with Gasteiger partial charge in [0.2, 0.25) is 0 Å². The number of nitrogens with one attached hydrogen (secondary N) is 1. The highest BCUT2D eigenvalue weighted by molar-refractivity contribution is 9.10. The van der Waals surface area contributed by atoms with E-state index in [0.29, 0.717) is 36.3 Å². The largest absolute Gasteiger partial charge is 0.490 e. The fourth-order valence-electron chi connectivity index (χ4n) is 2.97. The lowest BCUT2D eigenvalue weighted by molar-refractivity contribution is 0.269. The van der Waals surface area contributed by atoms with Crippen LogP contribution in [0.15, 0.2) is 65.1 Å². The minimum Gasteiger partial charge on any atom is -0.490 e. The van der Waals surface area contributed by atoms with E-state index in [2.05, 4.69) is 21.2 Å². The first-order chi connectivity index (χ1) is 14.6. The molecule has 0 heterocycles. The number of rotatable bonds is 10. The van der Waals surface area contributed by atoms with E-state index in [0.717, 1.165) is 34.1 Å². The van der Waals surface area contributed by atoms with Crippen LogP contribution in [0.1, 0.15) is 23.6 Å². The van der Waals surface area contributed by atoms with Crippen molar-refractivity contribution >= 4 is 27.5 Å². The first-order valence-corrected chi connectivity index (χ1v) is 11.0. The smallest absolute Gasteiger partial charge is 0.162 e. The zero-order valence-corrected chi connectivity index (χ0v) is 19.1. The van der Waals surface area contributed by atoms with Crippen LogP contribution < -0.4 is 14.8 Å². The van der Waals surface area contributed by atoms with Gasteiger partial charge in [-0.3, -0.25) is 0 Å². The van der Waals surface area contributed by atoms with Crippen LogP contribution in [-0.4, -0.2) is 13.2 Å². The van der Waals surface area contributed by atoms with Gasteiger partial charge in [-0.15, -0.1) is 0 Å². The predicted octanol–water partition coefficient (Wildman–Crippen LogP) is 6.55. The molecule has 0 amide bonds. The molecule has 0 atom stereocenters. The summed E-state index contributed by atoms with van der Waals surface area (Å²) in [6.07, 6.45) is 0.829. The normalized spacial score (nSPS) is 10.8. The average Bonchev–Trinajstić information content (AvgIpc) is 2.74. The fraction of sp³-hybridized carbons (Fsp3) is 0.250. The molecule has 0 saturated heterocycles. The number of ether oxygens (including phenoxy) is 2. The Balaban J connectivity index is 1.61. The third kappa shape index (κ3) is 6.46. The Bertz CT molecular complexity index is 966. The summed E-state index contributed by atoms with van der Waals surface area (Å²) in [4.78, 5) is 0. The lowest BCUT2D eigenvalue weighted by Gasteiger charge is -2.16. The lowest BCUT2D eigenvalue weighted by atomic mass is 10.1. The first kappa shape index (κ1) is 22.6. The maximum atomic E-state index is 13.0. The molecular weight excluding hydrogens is 469 g/mol. The van der Waals surface area contributed by atoms with E-state index in [1.54, 1.807) is 0 Å². The van der Waals surface area contributed by atoms with Crippen molar-refractivity contribution < 1.29 is 13.9 Å². The van der Waals surface area contributed by atoms with Gasteiger partial charge in [-0.05, 0) is 61.3 Å². The summed E-state index contributed by atoms with van der Waals surface area (Å²) in [7, 11) is 0. The number of hydrogen-bond donors (Lipinski definition) is 1. The molecular formula is C24H24BrClFNO2. The van der Waals surface area contributed by atoms with Gasteiger partial charge in [-0.1, -0.05) is 57.9 Å². The second kappa shape index (κ2) is 11.3. The van der Waals surface area contributed by atoms with Gasteiger partial charge in [0, 0.05) is 21.6 Å². The Kier molecular flexibility index (Phi) is 8.55. The summed E-state index contributed by atoms with van der Waals surface area (Å²) in [5.74, 6) is 1.15. The fourth-order valence-corrected chi connectivity index (χ4v) is 3.62. The molecule has 1 N–H and O–H groups in total. The van der Waals surface area contributed by atoms with Crippen LogP contribution in [0.4, 0.5) is 4.39 Å². The molecule has 0 aliphatic carbocycles. The summed E-state index contributed by atoms with van der Waals surface area (Å²) >= 11 is 9.86. The van der Waals surface area contributed by atoms with Gasteiger partial charge in [0.15, 0.2) is 11.5 Å². The summed E-state index contributed by atoms with van der Waals surface area (Å²) in [5, 5.41) is 4.10. The van der Waals surface area contributed by atoms with E-state index < -0.39 is 0 Å². The van der Waals surface area contributed by atoms with E-state index in [1.807, 2.05) is 55.5 Å². The van der Waals surface area contributed by atoms with Crippen LogP contribution in [0, 0.1) is 5.82 Å². The van der Waals surface area contributed by atoms with Crippen molar-refractivity contribution in [2.75, 3.05) is 13.2 Å². The molecule has 0 aliphatic heterocycles. The quantitative estimate of drug-likeness (QED) is 0.325. The minimum atomic E-state index is -0.212. The van der Waals surface area contributed by atoms with Crippen LogP contribution >= 0.6 is 27.5 Å².